The van der Waals surface area contributed by atoms with E-state index < -0.39 is 31.0 Å². The van der Waals surface area contributed by atoms with Crippen LogP contribution in [0.25, 0.3) is 0 Å². The Balaban J connectivity index is 0. The second-order valence-electron chi connectivity index (χ2n) is 2.72. The van der Waals surface area contributed by atoms with Gasteiger partial charge in [0.25, 0.3) is 0 Å². The molecule has 4 atom stereocenters. The van der Waals surface area contributed by atoms with Crippen molar-refractivity contribution in [1.82, 2.24) is 0 Å². The highest BCUT2D eigenvalue weighted by Crippen LogP contribution is 2.02. The smallest absolute Gasteiger partial charge is 0.151 e. The average molecular weight is 236 g/mol. The molecule has 0 aromatic rings. The zero-order valence-corrected chi connectivity index (χ0v) is 8.47. The summed E-state index contributed by atoms with van der Waals surface area (Å²) in [4.78, 5) is 9.90. The molecular weight excluding hydrogens is 220 g/mol. The molecule has 0 aliphatic heterocycles. The largest absolute Gasteiger partial charge is 0.394 e. The molecule has 0 heterocycles. The standard InChI is InChI=1S/C6H12O6.C3H4O/c7-1-3(9)5(11)6(12)4(10)2-8;1-2-3-4/h1,3-6,8-12H,2H2;1,4H,3H2. The van der Waals surface area contributed by atoms with E-state index in [-0.39, 0.29) is 12.9 Å². The van der Waals surface area contributed by atoms with Crippen LogP contribution in [0.1, 0.15) is 0 Å². The number of aliphatic hydroxyl groups excluding tert-OH is 6. The Morgan fingerprint density at radius 1 is 1.12 bits per heavy atom. The lowest BCUT2D eigenvalue weighted by atomic mass is 10.0. The van der Waals surface area contributed by atoms with Crippen LogP contribution in [0.15, 0.2) is 0 Å². The monoisotopic (exact) mass is 236 g/mol. The topological polar surface area (TPSA) is 138 Å². The van der Waals surface area contributed by atoms with E-state index in [1.807, 2.05) is 5.92 Å². The molecule has 0 aromatic carbocycles. The molecule has 7 heteroatoms. The summed E-state index contributed by atoms with van der Waals surface area (Å²) < 4.78 is 0. The van der Waals surface area contributed by atoms with Gasteiger partial charge in [0.1, 0.15) is 31.0 Å². The maximum absolute atomic E-state index is 9.90. The maximum atomic E-state index is 9.90. The molecule has 0 radical (unpaired) electrons. The molecule has 94 valence electrons. The minimum Gasteiger partial charge on any atom is -0.394 e. The molecule has 0 amide bonds. The summed E-state index contributed by atoms with van der Waals surface area (Å²) in [6.07, 6.45) is -2.31. The summed E-state index contributed by atoms with van der Waals surface area (Å²) in [5, 5.41) is 51.2. The molecule has 0 bridgehead atoms. The van der Waals surface area contributed by atoms with Gasteiger partial charge in [-0.05, 0) is 0 Å². The zero-order valence-electron chi connectivity index (χ0n) is 8.47. The number of aldehydes is 1. The number of hydrogen-bond acceptors (Lipinski definition) is 7. The number of carbonyl (C=O) groups is 1. The number of terminal acetylenes is 1. The molecular formula is C9H16O7. The zero-order chi connectivity index (χ0) is 13.1. The molecule has 6 N–H and O–H groups in total. The van der Waals surface area contributed by atoms with Crippen LogP contribution < -0.4 is 0 Å². The van der Waals surface area contributed by atoms with E-state index >= 15 is 0 Å². The predicted octanol–water partition coefficient (Wildman–Crippen LogP) is -3.77. The molecule has 0 aliphatic rings. The fourth-order valence-electron chi connectivity index (χ4n) is 0.618. The van der Waals surface area contributed by atoms with Gasteiger partial charge in [-0.3, -0.25) is 0 Å². The van der Waals surface area contributed by atoms with Crippen LogP contribution in [0.3, 0.4) is 0 Å². The van der Waals surface area contributed by atoms with E-state index in [4.69, 9.17) is 30.6 Å². The minimum absolute atomic E-state index is 0.0258. The number of hydrogen-bond donors (Lipinski definition) is 6. The first kappa shape index (κ1) is 17.4. The fourth-order valence-corrected chi connectivity index (χ4v) is 0.618. The highest BCUT2D eigenvalue weighted by Gasteiger charge is 2.29. The van der Waals surface area contributed by atoms with Crippen LogP contribution in [0, 0.1) is 12.3 Å². The fraction of sp³-hybridized carbons (Fsp3) is 0.667. The van der Waals surface area contributed by atoms with E-state index in [9.17, 15) is 4.79 Å². The molecule has 0 saturated carbocycles. The van der Waals surface area contributed by atoms with Gasteiger partial charge in [-0.25, -0.2) is 0 Å². The van der Waals surface area contributed by atoms with Gasteiger partial charge in [-0.2, -0.15) is 0 Å². The first-order chi connectivity index (χ1) is 7.45. The average Bonchev–Trinajstić information content (AvgIpc) is 2.34. The van der Waals surface area contributed by atoms with Gasteiger partial charge in [0.15, 0.2) is 6.29 Å². The quantitative estimate of drug-likeness (QED) is 0.213. The van der Waals surface area contributed by atoms with Gasteiger partial charge < -0.3 is 35.4 Å². The SMILES string of the molecule is C#CCO.O=CC(O)C(O)C(O)C(O)CO. The Labute approximate surface area is 92.6 Å². The van der Waals surface area contributed by atoms with E-state index in [0.29, 0.717) is 0 Å². The summed E-state index contributed by atoms with van der Waals surface area (Å²) in [5.41, 5.74) is 0. The van der Waals surface area contributed by atoms with Gasteiger partial charge in [-0.1, -0.05) is 5.92 Å². The molecule has 0 aliphatic carbocycles. The van der Waals surface area contributed by atoms with E-state index in [1.165, 1.54) is 0 Å². The van der Waals surface area contributed by atoms with Crippen LogP contribution >= 0.6 is 0 Å². The van der Waals surface area contributed by atoms with Gasteiger partial charge in [0.2, 0.25) is 0 Å². The molecule has 0 rings (SSSR count). The van der Waals surface area contributed by atoms with Gasteiger partial charge in [0.05, 0.1) is 6.61 Å². The van der Waals surface area contributed by atoms with Crippen molar-refractivity contribution in [3.05, 3.63) is 0 Å². The Bertz CT molecular complexity index is 212. The Morgan fingerprint density at radius 3 is 1.81 bits per heavy atom. The van der Waals surface area contributed by atoms with E-state index in [0.717, 1.165) is 0 Å². The van der Waals surface area contributed by atoms with E-state index in [2.05, 4.69) is 6.42 Å². The van der Waals surface area contributed by atoms with Crippen molar-refractivity contribution in [2.45, 2.75) is 24.4 Å². The van der Waals surface area contributed by atoms with Crippen LogP contribution in [0.2, 0.25) is 0 Å². The van der Waals surface area contributed by atoms with Crippen LogP contribution in [0.5, 0.6) is 0 Å². The summed E-state index contributed by atoms with van der Waals surface area (Å²) in [7, 11) is 0. The van der Waals surface area contributed by atoms with Crippen molar-refractivity contribution in [2.75, 3.05) is 13.2 Å². The highest BCUT2D eigenvalue weighted by atomic mass is 16.4. The molecule has 4 unspecified atom stereocenters. The number of rotatable bonds is 5. The van der Waals surface area contributed by atoms with Crippen molar-refractivity contribution >= 4 is 6.29 Å². The van der Waals surface area contributed by atoms with Crippen molar-refractivity contribution in [3.8, 4) is 12.3 Å². The first-order valence-electron chi connectivity index (χ1n) is 4.28. The Hall–Kier alpha value is -1.01. The summed E-state index contributed by atoms with van der Waals surface area (Å²) in [6, 6.07) is 0. The highest BCUT2D eigenvalue weighted by molar-refractivity contribution is 5.56. The van der Waals surface area contributed by atoms with Crippen molar-refractivity contribution in [1.29, 1.82) is 0 Å². The van der Waals surface area contributed by atoms with Crippen LogP contribution in [-0.2, 0) is 4.79 Å². The summed E-state index contributed by atoms with van der Waals surface area (Å²) in [5.74, 6) is 1.99. The first-order valence-corrected chi connectivity index (χ1v) is 4.28. The molecule has 7 nitrogen and oxygen atoms in total. The third kappa shape index (κ3) is 7.30. The molecule has 16 heavy (non-hydrogen) atoms. The Morgan fingerprint density at radius 2 is 1.56 bits per heavy atom. The Kier molecular flexibility index (Phi) is 11.4. The molecule has 0 saturated heterocycles. The van der Waals surface area contributed by atoms with Crippen LogP contribution in [-0.4, -0.2) is 74.6 Å². The second kappa shape index (κ2) is 10.5. The normalized spacial score (nSPS) is 17.1. The molecule has 0 aromatic heterocycles. The summed E-state index contributed by atoms with van der Waals surface area (Å²) in [6.45, 7) is -0.913. The lowest BCUT2D eigenvalue weighted by Crippen LogP contribution is -2.46. The third-order valence-electron chi connectivity index (χ3n) is 1.51. The number of aliphatic hydroxyl groups is 6. The van der Waals surface area contributed by atoms with Crippen molar-refractivity contribution in [3.63, 3.8) is 0 Å². The second-order valence-corrected chi connectivity index (χ2v) is 2.72. The van der Waals surface area contributed by atoms with Crippen molar-refractivity contribution in [2.24, 2.45) is 0 Å². The van der Waals surface area contributed by atoms with Crippen molar-refractivity contribution < 1.29 is 35.4 Å². The van der Waals surface area contributed by atoms with Gasteiger partial charge in [0, 0.05) is 0 Å². The summed E-state index contributed by atoms with van der Waals surface area (Å²) >= 11 is 0. The lowest BCUT2D eigenvalue weighted by Gasteiger charge is -2.22. The van der Waals surface area contributed by atoms with E-state index in [1.54, 1.807) is 0 Å². The molecule has 0 fully saturated rings. The third-order valence-corrected chi connectivity index (χ3v) is 1.51. The van der Waals surface area contributed by atoms with Gasteiger partial charge >= 0.3 is 0 Å². The van der Waals surface area contributed by atoms with Gasteiger partial charge in [-0.15, -0.1) is 6.42 Å². The van der Waals surface area contributed by atoms with Crippen LogP contribution in [0.4, 0.5) is 0 Å². The predicted molar refractivity (Wildman–Crippen MR) is 53.1 cm³/mol. The molecule has 0 spiro atoms. The maximum Gasteiger partial charge on any atom is 0.151 e. The minimum atomic E-state index is -1.79. The lowest BCUT2D eigenvalue weighted by molar-refractivity contribution is -0.136. The number of carbonyl (C=O) groups excluding carboxylic acids is 1.